The number of ether oxygens (including phenoxy) is 2. The van der Waals surface area contributed by atoms with Crippen LogP contribution in [0.5, 0.6) is 0 Å². The van der Waals surface area contributed by atoms with E-state index < -0.39 is 77.2 Å². The Morgan fingerprint density at radius 2 is 1.51 bits per heavy atom. The van der Waals surface area contributed by atoms with Crippen molar-refractivity contribution in [1.29, 1.82) is 0 Å². The van der Waals surface area contributed by atoms with Crippen LogP contribution in [0.15, 0.2) is 60.0 Å². The van der Waals surface area contributed by atoms with E-state index in [1.165, 1.54) is 54.5 Å². The fourth-order valence-corrected chi connectivity index (χ4v) is 6.83. The first kappa shape index (κ1) is 28.9. The van der Waals surface area contributed by atoms with Gasteiger partial charge in [-0.3, -0.25) is 14.7 Å². The van der Waals surface area contributed by atoms with Gasteiger partial charge in [-0.1, -0.05) is 48.2 Å². The van der Waals surface area contributed by atoms with Crippen molar-refractivity contribution in [3.05, 3.63) is 77.1 Å². The van der Waals surface area contributed by atoms with E-state index in [2.05, 4.69) is 15.2 Å². The second-order valence-corrected chi connectivity index (χ2v) is 11.0. The second-order valence-electron chi connectivity index (χ2n) is 9.81. The molecule has 2 aromatic carbocycles. The molecule has 2 saturated carbocycles. The second kappa shape index (κ2) is 10.7. The molecule has 0 radical (unpaired) electrons. The van der Waals surface area contributed by atoms with Crippen molar-refractivity contribution in [2.24, 2.45) is 23.5 Å². The number of hydrogen-bond donors (Lipinski definition) is 2. The van der Waals surface area contributed by atoms with Crippen molar-refractivity contribution in [2.45, 2.75) is 47.9 Å². The van der Waals surface area contributed by atoms with E-state index in [1.54, 1.807) is 0 Å². The number of fused-ring (bicyclic) bond motifs is 1. The van der Waals surface area contributed by atoms with Crippen LogP contribution in [0.3, 0.4) is 0 Å². The maximum atomic E-state index is 13.4. The van der Waals surface area contributed by atoms with Crippen LogP contribution in [0, 0.1) is 17.8 Å². The highest BCUT2D eigenvalue weighted by Crippen LogP contribution is 2.65. The summed E-state index contributed by atoms with van der Waals surface area (Å²) < 4.78 is 90.7. The van der Waals surface area contributed by atoms with Gasteiger partial charge in [0.05, 0.1) is 17.0 Å². The average molecular weight is 601 g/mol. The number of benzene rings is 2. The number of halogens is 6. The molecule has 1 aromatic heterocycles. The van der Waals surface area contributed by atoms with Crippen LogP contribution in [0.25, 0.3) is 0 Å². The van der Waals surface area contributed by atoms with Crippen molar-refractivity contribution in [3.8, 4) is 0 Å². The predicted octanol–water partition coefficient (Wildman–Crippen LogP) is 4.75. The molecule has 0 bridgehead atoms. The van der Waals surface area contributed by atoms with Crippen LogP contribution >= 0.6 is 11.8 Å². The maximum Gasteiger partial charge on any atom is 0.416 e. The van der Waals surface area contributed by atoms with Gasteiger partial charge in [0.25, 0.3) is 0 Å². The monoisotopic (exact) mass is 600 g/mol. The number of aromatic amines is 1. The van der Waals surface area contributed by atoms with Gasteiger partial charge in [0.15, 0.2) is 5.16 Å². The smallest absolute Gasteiger partial charge is 0.416 e. The molecule has 8 nitrogen and oxygen atoms in total. The SMILES string of the molecule is N[C@@]1(C(=O)OCc2ccccc2C(F)(F)F)C[C@H](Sc2ncn[nH]2)[C@H]2[C@H](C(=O)OCc3ccccc3C(F)(F)F)[C@H]21. The summed E-state index contributed by atoms with van der Waals surface area (Å²) in [6.07, 6.45) is -8.06. The summed E-state index contributed by atoms with van der Waals surface area (Å²) in [6.45, 7) is -1.35. The normalized spacial score (nSPS) is 25.4. The molecule has 0 amide bonds. The highest BCUT2D eigenvalue weighted by Gasteiger charge is 2.74. The standard InChI is InChI=1S/C26H22F6N4O4S/c27-25(28,29)15-7-3-1-5-13(15)10-39-21(37)19-18-17(41-23-34-12-35-36-23)9-24(33,20(18)19)22(38)40-11-14-6-2-4-8-16(14)26(30,31)32/h1-8,12,17-20H,9-11,33H2,(H,34,35,36)/t17-,18-,19-,20-,24-/m0/s1. The summed E-state index contributed by atoms with van der Waals surface area (Å²) in [4.78, 5) is 30.3. The lowest BCUT2D eigenvalue weighted by Crippen LogP contribution is -2.51. The predicted molar refractivity (Wildman–Crippen MR) is 131 cm³/mol. The van der Waals surface area contributed by atoms with Gasteiger partial charge in [0.2, 0.25) is 0 Å². The Bertz CT molecular complexity index is 1430. The van der Waals surface area contributed by atoms with Crippen molar-refractivity contribution in [1.82, 2.24) is 15.2 Å². The maximum absolute atomic E-state index is 13.4. The summed E-state index contributed by atoms with van der Waals surface area (Å²) in [6, 6.07) is 9.27. The summed E-state index contributed by atoms with van der Waals surface area (Å²) in [5, 5.41) is 6.32. The zero-order valence-electron chi connectivity index (χ0n) is 20.9. The van der Waals surface area contributed by atoms with Gasteiger partial charge in [0, 0.05) is 22.3 Å². The third kappa shape index (κ3) is 5.77. The van der Waals surface area contributed by atoms with Crippen LogP contribution in [0.1, 0.15) is 28.7 Å². The Morgan fingerprint density at radius 1 is 0.951 bits per heavy atom. The number of carbonyl (C=O) groups is 2. The average Bonchev–Trinajstić information content (AvgIpc) is 3.34. The number of nitrogens with zero attached hydrogens (tertiary/aromatic N) is 2. The zero-order valence-corrected chi connectivity index (χ0v) is 21.7. The van der Waals surface area contributed by atoms with Crippen LogP contribution in [0.2, 0.25) is 0 Å². The van der Waals surface area contributed by atoms with Crippen LogP contribution in [0.4, 0.5) is 26.3 Å². The molecule has 3 N–H and O–H groups in total. The Labute approximate surface area is 233 Å². The van der Waals surface area contributed by atoms with Crippen LogP contribution < -0.4 is 5.73 Å². The van der Waals surface area contributed by atoms with Gasteiger partial charge in [-0.2, -0.15) is 31.4 Å². The molecule has 0 spiro atoms. The highest BCUT2D eigenvalue weighted by molar-refractivity contribution is 7.99. The molecule has 2 aliphatic carbocycles. The molecule has 0 saturated heterocycles. The van der Waals surface area contributed by atoms with E-state index in [9.17, 15) is 35.9 Å². The topological polar surface area (TPSA) is 120 Å². The first-order chi connectivity index (χ1) is 19.3. The van der Waals surface area contributed by atoms with Gasteiger partial charge in [-0.25, -0.2) is 4.98 Å². The highest BCUT2D eigenvalue weighted by atomic mass is 32.2. The number of H-pyrrole nitrogens is 1. The molecule has 15 heteroatoms. The Balaban J connectivity index is 1.32. The molecular weight excluding hydrogens is 578 g/mol. The number of hydrogen-bond acceptors (Lipinski definition) is 8. The van der Waals surface area contributed by atoms with E-state index >= 15 is 0 Å². The molecule has 41 heavy (non-hydrogen) atoms. The molecule has 218 valence electrons. The van der Waals surface area contributed by atoms with Gasteiger partial charge in [-0.15, -0.1) is 0 Å². The number of aromatic nitrogens is 3. The first-order valence-corrected chi connectivity index (χ1v) is 13.1. The quantitative estimate of drug-likeness (QED) is 0.281. The summed E-state index contributed by atoms with van der Waals surface area (Å²) >= 11 is 1.17. The van der Waals surface area contributed by atoms with Gasteiger partial charge in [0.1, 0.15) is 25.1 Å². The molecule has 3 aromatic rings. The van der Waals surface area contributed by atoms with E-state index in [0.29, 0.717) is 5.16 Å². The summed E-state index contributed by atoms with van der Waals surface area (Å²) in [5.74, 6) is -4.11. The van der Waals surface area contributed by atoms with E-state index in [-0.39, 0.29) is 17.5 Å². The molecule has 0 aliphatic heterocycles. The molecule has 2 fully saturated rings. The third-order valence-corrected chi connectivity index (χ3v) is 8.52. The van der Waals surface area contributed by atoms with Crippen LogP contribution in [-0.4, -0.2) is 37.9 Å². The molecule has 1 heterocycles. The Hall–Kier alpha value is -3.59. The minimum atomic E-state index is -4.67. The lowest BCUT2D eigenvalue weighted by molar-refractivity contribution is -0.155. The fourth-order valence-electron chi connectivity index (χ4n) is 5.47. The molecule has 2 aliphatic rings. The number of thioether (sulfide) groups is 1. The van der Waals surface area contributed by atoms with E-state index in [1.807, 2.05) is 0 Å². The molecular formula is C26H22F6N4O4S. The number of esters is 2. The van der Waals surface area contributed by atoms with Crippen molar-refractivity contribution < 1.29 is 45.4 Å². The molecule has 5 atom stereocenters. The van der Waals surface area contributed by atoms with Gasteiger partial charge >= 0.3 is 24.3 Å². The van der Waals surface area contributed by atoms with Crippen molar-refractivity contribution in [2.75, 3.05) is 0 Å². The number of nitrogens with one attached hydrogen (secondary N) is 1. The molecule has 0 unspecified atom stereocenters. The minimum absolute atomic E-state index is 0.00807. The lowest BCUT2D eigenvalue weighted by Gasteiger charge is -2.27. The van der Waals surface area contributed by atoms with Gasteiger partial charge < -0.3 is 15.2 Å². The number of alkyl halides is 6. The number of rotatable bonds is 8. The first-order valence-electron chi connectivity index (χ1n) is 12.3. The lowest BCUT2D eigenvalue weighted by atomic mass is 9.91. The molecule has 5 rings (SSSR count). The summed E-state index contributed by atoms with van der Waals surface area (Å²) in [7, 11) is 0. The Kier molecular flexibility index (Phi) is 7.53. The van der Waals surface area contributed by atoms with E-state index in [4.69, 9.17) is 15.2 Å². The zero-order chi connectivity index (χ0) is 29.6. The van der Waals surface area contributed by atoms with Gasteiger partial charge in [-0.05, 0) is 24.5 Å². The third-order valence-electron chi connectivity index (χ3n) is 7.32. The Morgan fingerprint density at radius 3 is 2.05 bits per heavy atom. The van der Waals surface area contributed by atoms with E-state index in [0.717, 1.165) is 12.1 Å². The fraction of sp³-hybridized carbons (Fsp3) is 0.385. The largest absolute Gasteiger partial charge is 0.461 e. The van der Waals surface area contributed by atoms with Crippen LogP contribution in [-0.2, 0) is 44.6 Å². The summed E-state index contributed by atoms with van der Waals surface area (Å²) in [5.41, 5.74) is 2.32. The minimum Gasteiger partial charge on any atom is -0.461 e. The van der Waals surface area contributed by atoms with Crippen molar-refractivity contribution >= 4 is 23.7 Å². The number of nitrogens with two attached hydrogens (primary N) is 1. The van der Waals surface area contributed by atoms with Crippen molar-refractivity contribution in [3.63, 3.8) is 0 Å². The number of carbonyl (C=O) groups excluding carboxylic acids is 2.